The smallest absolute Gasteiger partial charge is 0.339 e. The summed E-state index contributed by atoms with van der Waals surface area (Å²) in [6, 6.07) is 1.44. The summed E-state index contributed by atoms with van der Waals surface area (Å²) in [5, 5.41) is 11.6. The quantitative estimate of drug-likeness (QED) is 0.859. The molecular weight excluding hydrogens is 250 g/mol. The van der Waals surface area contributed by atoms with Gasteiger partial charge in [0.15, 0.2) is 0 Å². The minimum absolute atomic E-state index is 0.0781. The molecule has 2 N–H and O–H groups in total. The number of ether oxygens (including phenoxy) is 1. The fourth-order valence-corrected chi connectivity index (χ4v) is 2.11. The number of hydrogen-bond donors (Lipinski definition) is 2. The highest BCUT2D eigenvalue weighted by Gasteiger charge is 2.22. The second kappa shape index (κ2) is 5.88. The first kappa shape index (κ1) is 13.6. The molecule has 0 radical (unpaired) electrons. The van der Waals surface area contributed by atoms with Crippen LogP contribution in [0.1, 0.15) is 34.7 Å². The molecule has 6 nitrogen and oxygen atoms in total. The summed E-state index contributed by atoms with van der Waals surface area (Å²) < 4.78 is 10.5. The maximum Gasteiger partial charge on any atom is 0.339 e. The van der Waals surface area contributed by atoms with Gasteiger partial charge in [0, 0.05) is 6.61 Å². The van der Waals surface area contributed by atoms with Crippen LogP contribution in [0.5, 0.6) is 0 Å². The van der Waals surface area contributed by atoms with Gasteiger partial charge in [0.25, 0.3) is 0 Å². The first-order valence-corrected chi connectivity index (χ1v) is 6.26. The largest absolute Gasteiger partial charge is 0.478 e. The summed E-state index contributed by atoms with van der Waals surface area (Å²) in [6.45, 7) is 2.94. The molecule has 6 heteroatoms. The van der Waals surface area contributed by atoms with E-state index in [1.807, 2.05) is 0 Å². The molecule has 0 bridgehead atoms. The van der Waals surface area contributed by atoms with E-state index in [-0.39, 0.29) is 23.9 Å². The maximum atomic E-state index is 11.8. The fourth-order valence-electron chi connectivity index (χ4n) is 2.11. The molecule has 2 rings (SSSR count). The van der Waals surface area contributed by atoms with Crippen LogP contribution in [-0.4, -0.2) is 30.2 Å². The van der Waals surface area contributed by atoms with Crippen molar-refractivity contribution in [3.8, 4) is 0 Å². The van der Waals surface area contributed by atoms with Crippen LogP contribution in [-0.2, 0) is 16.1 Å². The summed E-state index contributed by atoms with van der Waals surface area (Å²) in [7, 11) is 0. The average Bonchev–Trinajstić information content (AvgIpc) is 2.78. The molecule has 0 aromatic carbocycles. The molecule has 0 aliphatic carbocycles. The number of furan rings is 1. The third-order valence-corrected chi connectivity index (χ3v) is 3.17. The predicted molar refractivity (Wildman–Crippen MR) is 65.8 cm³/mol. The Morgan fingerprint density at radius 2 is 2.32 bits per heavy atom. The number of aryl methyl sites for hydroxylation is 1. The lowest BCUT2D eigenvalue weighted by atomic mass is 10.0. The van der Waals surface area contributed by atoms with Crippen molar-refractivity contribution in [1.82, 2.24) is 5.32 Å². The zero-order chi connectivity index (χ0) is 13.8. The molecule has 0 spiro atoms. The van der Waals surface area contributed by atoms with Gasteiger partial charge in [-0.3, -0.25) is 4.79 Å². The average molecular weight is 267 g/mol. The molecule has 1 aromatic heterocycles. The van der Waals surface area contributed by atoms with E-state index in [2.05, 4.69) is 5.32 Å². The van der Waals surface area contributed by atoms with Gasteiger partial charge in [-0.25, -0.2) is 4.79 Å². The third kappa shape index (κ3) is 3.35. The van der Waals surface area contributed by atoms with Gasteiger partial charge in [-0.2, -0.15) is 0 Å². The number of carboxylic acids is 1. The van der Waals surface area contributed by atoms with Crippen molar-refractivity contribution in [1.29, 1.82) is 0 Å². The van der Waals surface area contributed by atoms with Crippen LogP contribution >= 0.6 is 0 Å². The van der Waals surface area contributed by atoms with Gasteiger partial charge >= 0.3 is 5.97 Å². The Kier molecular flexibility index (Phi) is 4.21. The van der Waals surface area contributed by atoms with E-state index >= 15 is 0 Å². The molecule has 2 heterocycles. The van der Waals surface area contributed by atoms with E-state index in [0.717, 1.165) is 12.8 Å². The van der Waals surface area contributed by atoms with E-state index < -0.39 is 5.97 Å². The number of hydrogen-bond acceptors (Lipinski definition) is 4. The Balaban J connectivity index is 1.89. The Morgan fingerprint density at radius 3 is 2.89 bits per heavy atom. The van der Waals surface area contributed by atoms with Crippen LogP contribution in [0.2, 0.25) is 0 Å². The number of nitrogens with one attached hydrogen (secondary N) is 1. The van der Waals surface area contributed by atoms with Crippen molar-refractivity contribution in [3.05, 3.63) is 23.2 Å². The van der Waals surface area contributed by atoms with E-state index in [0.29, 0.717) is 24.7 Å². The lowest BCUT2D eigenvalue weighted by molar-refractivity contribution is -0.129. The van der Waals surface area contributed by atoms with E-state index in [1.54, 1.807) is 6.92 Å². The van der Waals surface area contributed by atoms with Crippen molar-refractivity contribution in [2.75, 3.05) is 13.2 Å². The zero-order valence-electron chi connectivity index (χ0n) is 10.8. The van der Waals surface area contributed by atoms with Crippen molar-refractivity contribution < 1.29 is 23.8 Å². The monoisotopic (exact) mass is 267 g/mol. The summed E-state index contributed by atoms with van der Waals surface area (Å²) in [5.74, 6) is -0.438. The first-order valence-electron chi connectivity index (χ1n) is 6.26. The minimum atomic E-state index is -1.03. The first-order chi connectivity index (χ1) is 9.08. The van der Waals surface area contributed by atoms with Crippen molar-refractivity contribution in [3.63, 3.8) is 0 Å². The van der Waals surface area contributed by atoms with E-state index in [4.69, 9.17) is 14.3 Å². The normalized spacial score (nSPS) is 19.1. The molecule has 1 fully saturated rings. The lowest BCUT2D eigenvalue weighted by Gasteiger charge is -2.20. The van der Waals surface area contributed by atoms with Gasteiger partial charge < -0.3 is 19.6 Å². The maximum absolute atomic E-state index is 11.8. The van der Waals surface area contributed by atoms with E-state index in [1.165, 1.54) is 6.07 Å². The molecule has 1 amide bonds. The van der Waals surface area contributed by atoms with Gasteiger partial charge in [0.1, 0.15) is 17.1 Å². The van der Waals surface area contributed by atoms with Crippen LogP contribution in [0, 0.1) is 12.8 Å². The highest BCUT2D eigenvalue weighted by Crippen LogP contribution is 2.16. The summed E-state index contributed by atoms with van der Waals surface area (Å²) >= 11 is 0. The van der Waals surface area contributed by atoms with Crippen LogP contribution in [0.3, 0.4) is 0 Å². The van der Waals surface area contributed by atoms with Crippen molar-refractivity contribution in [2.45, 2.75) is 26.3 Å². The highest BCUT2D eigenvalue weighted by atomic mass is 16.5. The van der Waals surface area contributed by atoms with Gasteiger partial charge in [-0.1, -0.05) is 0 Å². The van der Waals surface area contributed by atoms with Crippen LogP contribution in [0.4, 0.5) is 0 Å². The topological polar surface area (TPSA) is 88.8 Å². The highest BCUT2D eigenvalue weighted by molar-refractivity contribution is 5.88. The van der Waals surface area contributed by atoms with Gasteiger partial charge in [0.05, 0.1) is 19.1 Å². The molecule has 104 valence electrons. The second-order valence-electron chi connectivity index (χ2n) is 4.62. The molecular formula is C13H17NO5. The SMILES string of the molecule is Cc1oc(CNC(=O)C2CCCOC2)cc1C(=O)O. The van der Waals surface area contributed by atoms with Crippen LogP contribution < -0.4 is 5.32 Å². The van der Waals surface area contributed by atoms with Gasteiger partial charge in [-0.05, 0) is 25.8 Å². The number of carbonyl (C=O) groups excluding carboxylic acids is 1. The summed E-state index contributed by atoms with van der Waals surface area (Å²) in [6.07, 6.45) is 1.71. The third-order valence-electron chi connectivity index (χ3n) is 3.17. The molecule has 0 saturated carbocycles. The molecule has 1 aliphatic heterocycles. The minimum Gasteiger partial charge on any atom is -0.478 e. The molecule has 1 saturated heterocycles. The number of rotatable bonds is 4. The van der Waals surface area contributed by atoms with Gasteiger partial charge in [0.2, 0.25) is 5.91 Å². The van der Waals surface area contributed by atoms with Crippen molar-refractivity contribution in [2.24, 2.45) is 5.92 Å². The Labute approximate surface area is 110 Å². The van der Waals surface area contributed by atoms with E-state index in [9.17, 15) is 9.59 Å². The molecule has 1 unspecified atom stereocenters. The van der Waals surface area contributed by atoms with Crippen LogP contribution in [0.25, 0.3) is 0 Å². The summed E-state index contributed by atoms with van der Waals surface area (Å²) in [4.78, 5) is 22.7. The Morgan fingerprint density at radius 1 is 1.53 bits per heavy atom. The second-order valence-corrected chi connectivity index (χ2v) is 4.62. The lowest BCUT2D eigenvalue weighted by Crippen LogP contribution is -2.35. The number of amides is 1. The number of carbonyl (C=O) groups is 2. The molecule has 1 aromatic rings. The predicted octanol–water partition coefficient (Wildman–Crippen LogP) is 1.33. The fraction of sp³-hybridized carbons (Fsp3) is 0.538. The number of aromatic carboxylic acids is 1. The Hall–Kier alpha value is -1.82. The number of carboxylic acid groups (broad SMARTS) is 1. The summed E-state index contributed by atoms with van der Waals surface area (Å²) in [5.41, 5.74) is 0.130. The molecule has 19 heavy (non-hydrogen) atoms. The van der Waals surface area contributed by atoms with Gasteiger partial charge in [-0.15, -0.1) is 0 Å². The zero-order valence-corrected chi connectivity index (χ0v) is 10.8. The molecule has 1 atom stereocenters. The standard InChI is InChI=1S/C13H17NO5/c1-8-11(13(16)17)5-10(19-8)6-14-12(15)9-3-2-4-18-7-9/h5,9H,2-4,6-7H2,1H3,(H,14,15)(H,16,17). The van der Waals surface area contributed by atoms with Crippen LogP contribution in [0.15, 0.2) is 10.5 Å². The Bertz CT molecular complexity index is 473. The van der Waals surface area contributed by atoms with Crippen molar-refractivity contribution >= 4 is 11.9 Å². The molecule has 1 aliphatic rings.